The van der Waals surface area contributed by atoms with Crippen molar-refractivity contribution in [2.45, 2.75) is 51.8 Å². The summed E-state index contributed by atoms with van der Waals surface area (Å²) in [6, 6.07) is 14.8. The van der Waals surface area contributed by atoms with E-state index in [1.54, 1.807) is 45.0 Å². The number of ether oxygens (including phenoxy) is 1. The monoisotopic (exact) mass is 540 g/mol. The number of hydrogen-bond acceptors (Lipinski definition) is 6. The van der Waals surface area contributed by atoms with E-state index in [9.17, 15) is 18.0 Å². The topological polar surface area (TPSA) is 58.6 Å². The zero-order chi connectivity index (χ0) is 28.2. The van der Waals surface area contributed by atoms with E-state index in [0.29, 0.717) is 17.8 Å². The maximum Gasteiger partial charge on any atom is 0.419 e. The second-order valence-electron chi connectivity index (χ2n) is 11.0. The first-order valence-electron chi connectivity index (χ1n) is 13.1. The van der Waals surface area contributed by atoms with E-state index in [4.69, 9.17) is 4.74 Å². The molecule has 2 heterocycles. The van der Waals surface area contributed by atoms with Crippen molar-refractivity contribution in [2.24, 2.45) is 0 Å². The fraction of sp³-hybridized carbons (Fsp3) is 0.433. The Balaban J connectivity index is 1.51. The third kappa shape index (κ3) is 8.02. The average Bonchev–Trinajstić information content (AvgIpc) is 2.87. The number of aryl methyl sites for hydroxylation is 2. The van der Waals surface area contributed by atoms with Crippen LogP contribution in [0, 0.1) is 0 Å². The normalized spacial score (nSPS) is 14.9. The van der Waals surface area contributed by atoms with Gasteiger partial charge in [-0.1, -0.05) is 24.3 Å². The number of benzene rings is 2. The predicted octanol–water partition coefficient (Wildman–Crippen LogP) is 5.58. The van der Waals surface area contributed by atoms with Crippen molar-refractivity contribution in [1.29, 1.82) is 0 Å². The van der Waals surface area contributed by atoms with Crippen LogP contribution in [0.5, 0.6) is 0 Å². The van der Waals surface area contributed by atoms with E-state index >= 15 is 0 Å². The molecule has 6 nitrogen and oxygen atoms in total. The van der Waals surface area contributed by atoms with Crippen LogP contribution in [0.15, 0.2) is 54.7 Å². The van der Waals surface area contributed by atoms with Crippen molar-refractivity contribution in [3.05, 3.63) is 88.5 Å². The number of likely N-dealkylation sites (N-methyl/N-ethyl adjacent to an activating group) is 1. The third-order valence-electron chi connectivity index (χ3n) is 6.58. The number of hydrogen-bond donors (Lipinski definition) is 0. The van der Waals surface area contributed by atoms with E-state index in [0.717, 1.165) is 49.2 Å². The highest BCUT2D eigenvalue weighted by Gasteiger charge is 2.34. The number of nitrogens with zero attached hydrogens (tertiary/aromatic N) is 4. The minimum atomic E-state index is -4.56. The first kappa shape index (κ1) is 28.5. The summed E-state index contributed by atoms with van der Waals surface area (Å²) in [4.78, 5) is 25.5. The lowest BCUT2D eigenvalue weighted by atomic mass is 10.0. The molecule has 1 aliphatic heterocycles. The van der Waals surface area contributed by atoms with Gasteiger partial charge in [0.05, 0.1) is 16.8 Å². The van der Waals surface area contributed by atoms with E-state index in [1.165, 1.54) is 0 Å². The van der Waals surface area contributed by atoms with Gasteiger partial charge in [-0.05, 0) is 76.1 Å². The molecule has 0 amide bonds. The molecule has 3 aromatic rings. The molecule has 39 heavy (non-hydrogen) atoms. The fourth-order valence-electron chi connectivity index (χ4n) is 4.53. The van der Waals surface area contributed by atoms with Gasteiger partial charge in [0.1, 0.15) is 11.4 Å². The van der Waals surface area contributed by atoms with Gasteiger partial charge in [-0.15, -0.1) is 0 Å². The number of alkyl halides is 3. The van der Waals surface area contributed by atoms with Crippen LogP contribution in [-0.4, -0.2) is 59.7 Å². The Kier molecular flexibility index (Phi) is 8.59. The largest absolute Gasteiger partial charge is 0.456 e. The predicted molar refractivity (Wildman–Crippen MR) is 145 cm³/mol. The van der Waals surface area contributed by atoms with Gasteiger partial charge in [-0.25, -0.2) is 14.8 Å². The second kappa shape index (κ2) is 11.7. The molecule has 1 saturated heterocycles. The van der Waals surface area contributed by atoms with Gasteiger partial charge in [0, 0.05) is 44.5 Å². The first-order chi connectivity index (χ1) is 18.4. The van der Waals surface area contributed by atoms with Gasteiger partial charge in [-0.2, -0.15) is 13.2 Å². The van der Waals surface area contributed by atoms with Crippen molar-refractivity contribution >= 4 is 11.7 Å². The number of aromatic nitrogens is 2. The molecular weight excluding hydrogens is 505 g/mol. The smallest absolute Gasteiger partial charge is 0.419 e. The van der Waals surface area contributed by atoms with E-state index < -0.39 is 23.3 Å². The molecule has 0 unspecified atom stereocenters. The second-order valence-corrected chi connectivity index (χ2v) is 11.0. The standard InChI is InChI=1S/C30H35F3N4O2/c1-29(2,3)39-28(38)23-9-5-7-21(17-23)11-12-26-25(30(31,32)33)20-34-27(35-26)19-22-8-6-10-24(18-22)37-15-13-36(4)14-16-37/h5-10,17-18,20H,11-16,19H2,1-4H3. The SMILES string of the molecule is CN1CCN(c2cccc(Cc3ncc(C(F)(F)F)c(CCc4cccc(C(=O)OC(C)(C)C)c4)n3)c2)CC1. The molecule has 9 heteroatoms. The molecule has 208 valence electrons. The summed E-state index contributed by atoms with van der Waals surface area (Å²) in [5.41, 5.74) is 1.61. The highest BCUT2D eigenvalue weighted by molar-refractivity contribution is 5.89. The van der Waals surface area contributed by atoms with Crippen molar-refractivity contribution in [3.8, 4) is 0 Å². The van der Waals surface area contributed by atoms with Crippen LogP contribution in [0.3, 0.4) is 0 Å². The highest BCUT2D eigenvalue weighted by atomic mass is 19.4. The number of anilines is 1. The van der Waals surface area contributed by atoms with Crippen LogP contribution in [-0.2, 0) is 30.2 Å². The van der Waals surface area contributed by atoms with E-state index in [1.807, 2.05) is 12.1 Å². The van der Waals surface area contributed by atoms with E-state index in [2.05, 4.69) is 38.9 Å². The number of esters is 1. The molecule has 0 atom stereocenters. The lowest BCUT2D eigenvalue weighted by Gasteiger charge is -2.34. The highest BCUT2D eigenvalue weighted by Crippen LogP contribution is 2.32. The van der Waals surface area contributed by atoms with Gasteiger partial charge < -0.3 is 14.5 Å². The number of rotatable bonds is 7. The summed E-state index contributed by atoms with van der Waals surface area (Å²) in [5, 5.41) is 0. The van der Waals surface area contributed by atoms with Crippen molar-refractivity contribution in [3.63, 3.8) is 0 Å². The number of carbonyl (C=O) groups excluding carboxylic acids is 1. The first-order valence-corrected chi connectivity index (χ1v) is 13.1. The van der Waals surface area contributed by atoms with Crippen molar-refractivity contribution < 1.29 is 22.7 Å². The Morgan fingerprint density at radius 1 is 0.949 bits per heavy atom. The zero-order valence-electron chi connectivity index (χ0n) is 22.9. The fourth-order valence-corrected chi connectivity index (χ4v) is 4.53. The molecule has 0 saturated carbocycles. The molecule has 0 spiro atoms. The molecule has 1 fully saturated rings. The van der Waals surface area contributed by atoms with Crippen LogP contribution >= 0.6 is 0 Å². The summed E-state index contributed by atoms with van der Waals surface area (Å²) in [5.74, 6) is -0.125. The molecule has 1 aromatic heterocycles. The minimum Gasteiger partial charge on any atom is -0.456 e. The van der Waals surface area contributed by atoms with Crippen LogP contribution in [0.4, 0.5) is 18.9 Å². The molecule has 2 aromatic carbocycles. The minimum absolute atomic E-state index is 0.0506. The van der Waals surface area contributed by atoms with Crippen molar-refractivity contribution in [1.82, 2.24) is 14.9 Å². The van der Waals surface area contributed by atoms with Gasteiger partial charge in [0.2, 0.25) is 0 Å². The molecule has 0 N–H and O–H groups in total. The maximum absolute atomic E-state index is 13.8. The Hall–Kier alpha value is -3.46. The van der Waals surface area contributed by atoms with Gasteiger partial charge in [-0.3, -0.25) is 0 Å². The van der Waals surface area contributed by atoms with Crippen LogP contribution < -0.4 is 4.90 Å². The van der Waals surface area contributed by atoms with Gasteiger partial charge in [0.25, 0.3) is 0 Å². The average molecular weight is 541 g/mol. The van der Waals surface area contributed by atoms with Gasteiger partial charge >= 0.3 is 12.1 Å². The molecule has 0 radical (unpaired) electrons. The number of carbonyl (C=O) groups is 1. The van der Waals surface area contributed by atoms with Crippen LogP contribution in [0.2, 0.25) is 0 Å². The van der Waals surface area contributed by atoms with Gasteiger partial charge in [0.15, 0.2) is 0 Å². The maximum atomic E-state index is 13.8. The summed E-state index contributed by atoms with van der Waals surface area (Å²) in [7, 11) is 2.10. The third-order valence-corrected chi connectivity index (χ3v) is 6.58. The van der Waals surface area contributed by atoms with Crippen LogP contribution in [0.1, 0.15) is 59.3 Å². The summed E-state index contributed by atoms with van der Waals surface area (Å²) < 4.78 is 46.8. The van der Waals surface area contributed by atoms with Crippen LogP contribution in [0.25, 0.3) is 0 Å². The number of halogens is 3. The summed E-state index contributed by atoms with van der Waals surface area (Å²) in [6.07, 6.45) is -2.99. The molecule has 1 aliphatic rings. The molecule has 4 rings (SSSR count). The zero-order valence-corrected chi connectivity index (χ0v) is 22.9. The lowest BCUT2D eigenvalue weighted by molar-refractivity contribution is -0.138. The Morgan fingerprint density at radius 2 is 1.64 bits per heavy atom. The molecule has 0 bridgehead atoms. The Bertz CT molecular complexity index is 1300. The number of piperazine rings is 1. The molecule has 0 aliphatic carbocycles. The lowest BCUT2D eigenvalue weighted by Crippen LogP contribution is -2.44. The van der Waals surface area contributed by atoms with E-state index in [-0.39, 0.29) is 18.5 Å². The van der Waals surface area contributed by atoms with Crippen molar-refractivity contribution in [2.75, 3.05) is 38.1 Å². The Morgan fingerprint density at radius 3 is 2.33 bits per heavy atom. The quantitative estimate of drug-likeness (QED) is 0.365. The summed E-state index contributed by atoms with van der Waals surface area (Å²) >= 11 is 0. The summed E-state index contributed by atoms with van der Waals surface area (Å²) in [6.45, 7) is 9.16. The molecular formula is C30H35F3N4O2. The Labute approximate surface area is 227 Å².